The molecule has 0 aliphatic rings. The number of carbonyl (C=O) groups is 1. The van der Waals surface area contributed by atoms with Gasteiger partial charge in [-0.25, -0.2) is 4.79 Å². The first-order chi connectivity index (χ1) is 9.95. The highest BCUT2D eigenvalue weighted by Gasteiger charge is 2.15. The second-order valence-electron chi connectivity index (χ2n) is 4.83. The smallest absolute Gasteiger partial charge is 0.343 e. The van der Waals surface area contributed by atoms with Crippen molar-refractivity contribution >= 4 is 27.4 Å². The topological polar surface area (TPSA) is 51.0 Å². The summed E-state index contributed by atoms with van der Waals surface area (Å²) in [5.74, 6) is -0.592. The largest absolute Gasteiger partial charge is 0.462 e. The maximum Gasteiger partial charge on any atom is 0.343 e. The molecule has 1 atom stereocenters. The fourth-order valence-electron chi connectivity index (χ4n) is 2.01. The van der Waals surface area contributed by atoms with Gasteiger partial charge < -0.3 is 4.74 Å². The summed E-state index contributed by atoms with van der Waals surface area (Å²) in [6.07, 6.45) is 1.74. The molecule has 0 aliphatic carbocycles. The van der Waals surface area contributed by atoms with Crippen molar-refractivity contribution in [3.8, 4) is 0 Å². The van der Waals surface area contributed by atoms with Crippen LogP contribution in [0.3, 0.4) is 0 Å². The van der Waals surface area contributed by atoms with Crippen LogP contribution in [0.1, 0.15) is 27.8 Å². The van der Waals surface area contributed by atoms with Crippen LogP contribution in [0.25, 0.3) is 5.52 Å². The van der Waals surface area contributed by atoms with Gasteiger partial charge in [0.1, 0.15) is 5.56 Å². The van der Waals surface area contributed by atoms with Crippen LogP contribution in [-0.4, -0.2) is 36.0 Å². The van der Waals surface area contributed by atoms with E-state index in [2.05, 4.69) is 15.9 Å². The summed E-state index contributed by atoms with van der Waals surface area (Å²) < 4.78 is 6.38. The van der Waals surface area contributed by atoms with Gasteiger partial charge in [-0.2, -0.15) is 0 Å². The second-order valence-corrected chi connectivity index (χ2v) is 5.70. The lowest BCUT2D eigenvalue weighted by Crippen LogP contribution is -2.24. The first-order valence-corrected chi connectivity index (χ1v) is 7.50. The monoisotopic (exact) mass is 352 g/mol. The first kappa shape index (κ1) is 15.7. The van der Waals surface area contributed by atoms with Gasteiger partial charge in [0.2, 0.25) is 0 Å². The number of halogens is 1. The van der Waals surface area contributed by atoms with Gasteiger partial charge in [0, 0.05) is 11.7 Å². The number of rotatable bonds is 4. The van der Waals surface area contributed by atoms with E-state index in [0.717, 1.165) is 11.1 Å². The molecule has 0 radical (unpaired) electrons. The highest BCUT2D eigenvalue weighted by Crippen LogP contribution is 2.24. The van der Waals surface area contributed by atoms with Crippen LogP contribution in [0.15, 0.2) is 35.3 Å². The number of hydrogen-bond acceptors (Lipinski definition) is 4. The summed E-state index contributed by atoms with van der Waals surface area (Å²) in [6.45, 7) is 1.95. The fourth-order valence-corrected chi connectivity index (χ4v) is 2.28. The Morgan fingerprint density at radius 3 is 2.62 bits per heavy atom. The van der Waals surface area contributed by atoms with Crippen molar-refractivity contribution in [3.63, 3.8) is 0 Å². The Morgan fingerprint density at radius 2 is 2.00 bits per heavy atom. The molecule has 2 aromatic rings. The Labute approximate surface area is 131 Å². The van der Waals surface area contributed by atoms with E-state index >= 15 is 0 Å². The van der Waals surface area contributed by atoms with Crippen LogP contribution in [0, 0.1) is 0 Å². The highest BCUT2D eigenvalue weighted by atomic mass is 79.9. The van der Waals surface area contributed by atoms with Crippen LogP contribution in [-0.2, 0) is 4.74 Å². The predicted octanol–water partition coefficient (Wildman–Crippen LogP) is 2.43. The SMILES string of the molecule is CCOC(=O)c1ccc2ccc(C(Br)N(C)C)cn2c1=O. The molecule has 0 spiro atoms. The summed E-state index contributed by atoms with van der Waals surface area (Å²) in [5, 5.41) is 0. The van der Waals surface area contributed by atoms with Gasteiger partial charge in [0.15, 0.2) is 0 Å². The summed E-state index contributed by atoms with van der Waals surface area (Å²) >= 11 is 3.55. The number of aromatic nitrogens is 1. The molecule has 1 unspecified atom stereocenters. The van der Waals surface area contributed by atoms with E-state index < -0.39 is 5.97 Å². The maximum atomic E-state index is 12.4. The van der Waals surface area contributed by atoms with Crippen LogP contribution in [0.2, 0.25) is 0 Å². The van der Waals surface area contributed by atoms with Gasteiger partial charge in [-0.15, -0.1) is 0 Å². The van der Waals surface area contributed by atoms with Crippen molar-refractivity contribution in [2.45, 2.75) is 11.9 Å². The van der Waals surface area contributed by atoms with E-state index in [9.17, 15) is 9.59 Å². The normalized spacial score (nSPS) is 12.6. The average molecular weight is 353 g/mol. The summed E-state index contributed by atoms with van der Waals surface area (Å²) in [5.41, 5.74) is 1.33. The van der Waals surface area contributed by atoms with Gasteiger partial charge >= 0.3 is 5.97 Å². The van der Waals surface area contributed by atoms with Gasteiger partial charge in [0.05, 0.1) is 11.6 Å². The molecular weight excluding hydrogens is 336 g/mol. The molecule has 0 fully saturated rings. The van der Waals surface area contributed by atoms with E-state index in [1.807, 2.05) is 31.1 Å². The Kier molecular flexibility index (Phi) is 4.80. The van der Waals surface area contributed by atoms with Crippen LogP contribution in [0.5, 0.6) is 0 Å². The molecule has 0 aliphatic heterocycles. The van der Waals surface area contributed by atoms with E-state index in [4.69, 9.17) is 4.74 Å². The van der Waals surface area contributed by atoms with E-state index in [0.29, 0.717) is 0 Å². The molecule has 0 saturated carbocycles. The summed E-state index contributed by atoms with van der Waals surface area (Å²) in [6, 6.07) is 7.03. The Bertz CT molecular complexity index is 724. The van der Waals surface area contributed by atoms with Crippen LogP contribution < -0.4 is 5.56 Å². The van der Waals surface area contributed by atoms with Crippen molar-refractivity contribution in [2.75, 3.05) is 20.7 Å². The molecule has 2 aromatic heterocycles. The number of carbonyl (C=O) groups excluding carboxylic acids is 1. The number of alkyl halides is 1. The molecular formula is C15H17BrN2O3. The quantitative estimate of drug-likeness (QED) is 0.481. The Balaban J connectivity index is 2.57. The number of esters is 1. The zero-order valence-electron chi connectivity index (χ0n) is 12.2. The molecule has 5 nitrogen and oxygen atoms in total. The predicted molar refractivity (Wildman–Crippen MR) is 85.0 cm³/mol. The summed E-state index contributed by atoms with van der Waals surface area (Å²) in [4.78, 5) is 26.2. The van der Waals surface area contributed by atoms with Crippen LogP contribution >= 0.6 is 15.9 Å². The first-order valence-electron chi connectivity index (χ1n) is 6.58. The molecule has 6 heteroatoms. The molecule has 2 rings (SSSR count). The van der Waals surface area contributed by atoms with Crippen molar-refractivity contribution in [3.05, 3.63) is 51.9 Å². The zero-order chi connectivity index (χ0) is 15.6. The lowest BCUT2D eigenvalue weighted by molar-refractivity contribution is 0.0524. The van der Waals surface area contributed by atoms with E-state index in [1.54, 1.807) is 19.2 Å². The molecule has 0 bridgehead atoms. The molecule has 0 amide bonds. The average Bonchev–Trinajstić information content (AvgIpc) is 2.46. The lowest BCUT2D eigenvalue weighted by atomic mass is 10.2. The third-order valence-electron chi connectivity index (χ3n) is 3.10. The standard InChI is InChI=1S/C15H17BrN2O3/c1-4-21-15(20)12-8-7-11-6-5-10(13(16)17(2)3)9-18(11)14(12)19/h5-9,13H,4H2,1-3H3. The van der Waals surface area contributed by atoms with Crippen molar-refractivity contribution in [2.24, 2.45) is 0 Å². The van der Waals surface area contributed by atoms with Crippen molar-refractivity contribution in [1.29, 1.82) is 0 Å². The molecule has 21 heavy (non-hydrogen) atoms. The van der Waals surface area contributed by atoms with Crippen LogP contribution in [0.4, 0.5) is 0 Å². The Hall–Kier alpha value is -1.66. The van der Waals surface area contributed by atoms with Gasteiger partial charge in [-0.05, 0) is 44.8 Å². The minimum Gasteiger partial charge on any atom is -0.462 e. The van der Waals surface area contributed by atoms with Gasteiger partial charge in [-0.1, -0.05) is 22.0 Å². The summed E-state index contributed by atoms with van der Waals surface area (Å²) in [7, 11) is 3.86. The maximum absolute atomic E-state index is 12.4. The number of pyridine rings is 2. The minimum absolute atomic E-state index is 0.0138. The minimum atomic E-state index is -0.592. The molecule has 0 aromatic carbocycles. The molecule has 2 heterocycles. The number of ether oxygens (including phenoxy) is 1. The van der Waals surface area contributed by atoms with E-state index in [-0.39, 0.29) is 22.7 Å². The number of hydrogen-bond donors (Lipinski definition) is 0. The highest BCUT2D eigenvalue weighted by molar-refractivity contribution is 9.09. The van der Waals surface area contributed by atoms with Gasteiger partial charge in [0.25, 0.3) is 5.56 Å². The third kappa shape index (κ3) is 3.16. The molecule has 0 saturated heterocycles. The second kappa shape index (κ2) is 6.41. The Morgan fingerprint density at radius 1 is 1.33 bits per heavy atom. The number of nitrogens with zero attached hydrogens (tertiary/aromatic N) is 2. The van der Waals surface area contributed by atoms with Crippen molar-refractivity contribution in [1.82, 2.24) is 9.30 Å². The number of fused-ring (bicyclic) bond motifs is 1. The molecule has 0 N–H and O–H groups in total. The molecule has 112 valence electrons. The third-order valence-corrected chi connectivity index (χ3v) is 4.44. The van der Waals surface area contributed by atoms with Gasteiger partial charge in [-0.3, -0.25) is 14.1 Å². The lowest BCUT2D eigenvalue weighted by Gasteiger charge is -2.18. The fraction of sp³-hybridized carbons (Fsp3) is 0.333. The van der Waals surface area contributed by atoms with Crippen molar-refractivity contribution < 1.29 is 9.53 Å². The zero-order valence-corrected chi connectivity index (χ0v) is 13.8. The van der Waals surface area contributed by atoms with E-state index in [1.165, 1.54) is 10.5 Å².